The Hall–Kier alpha value is -0.520. The molecular formula is C10H11BrClNO3. The number of amides is 1. The minimum Gasteiger partial charge on any atom is -0.440 e. The van der Waals surface area contributed by atoms with Crippen LogP contribution < -0.4 is 0 Å². The number of halogens is 2. The average molecular weight is 309 g/mol. The second kappa shape index (κ2) is 5.21. The monoisotopic (exact) mass is 307 g/mol. The van der Waals surface area contributed by atoms with Crippen molar-refractivity contribution in [1.82, 2.24) is 4.90 Å². The fourth-order valence-electron chi connectivity index (χ4n) is 1.58. The first-order valence-corrected chi connectivity index (χ1v) is 6.43. The SMILES string of the molecule is O=C(c1ccc(Cl)o1)N1CCOC(CBr)C1. The Bertz CT molecular complexity index is 382. The Morgan fingerprint density at radius 1 is 1.62 bits per heavy atom. The molecule has 1 aromatic heterocycles. The first kappa shape index (κ1) is 12.0. The molecule has 0 spiro atoms. The number of ether oxygens (including phenoxy) is 1. The van der Waals surface area contributed by atoms with E-state index in [0.29, 0.717) is 19.7 Å². The zero-order valence-corrected chi connectivity index (χ0v) is 10.8. The van der Waals surface area contributed by atoms with Gasteiger partial charge in [0, 0.05) is 18.4 Å². The fourth-order valence-corrected chi connectivity index (χ4v) is 2.12. The molecule has 0 saturated carbocycles. The maximum atomic E-state index is 12.0. The van der Waals surface area contributed by atoms with Crippen LogP contribution in [0.25, 0.3) is 0 Å². The smallest absolute Gasteiger partial charge is 0.289 e. The third-order valence-electron chi connectivity index (χ3n) is 2.38. The number of alkyl halides is 1. The third kappa shape index (κ3) is 2.59. The summed E-state index contributed by atoms with van der Waals surface area (Å²) in [5, 5.41) is 0.948. The van der Waals surface area contributed by atoms with Crippen molar-refractivity contribution < 1.29 is 13.9 Å². The van der Waals surface area contributed by atoms with Gasteiger partial charge >= 0.3 is 0 Å². The molecule has 0 N–H and O–H groups in total. The van der Waals surface area contributed by atoms with Crippen LogP contribution in [-0.2, 0) is 4.74 Å². The van der Waals surface area contributed by atoms with E-state index < -0.39 is 0 Å². The molecule has 4 nitrogen and oxygen atoms in total. The molecule has 1 aliphatic heterocycles. The Morgan fingerprint density at radius 2 is 2.44 bits per heavy atom. The van der Waals surface area contributed by atoms with Crippen LogP contribution in [0.3, 0.4) is 0 Å². The summed E-state index contributed by atoms with van der Waals surface area (Å²) in [6.45, 7) is 1.71. The van der Waals surface area contributed by atoms with E-state index in [2.05, 4.69) is 15.9 Å². The van der Waals surface area contributed by atoms with Gasteiger partial charge in [0.15, 0.2) is 11.0 Å². The molecule has 16 heavy (non-hydrogen) atoms. The molecule has 0 bridgehead atoms. The lowest BCUT2D eigenvalue weighted by atomic mass is 10.3. The standard InChI is InChI=1S/C10H11BrClNO3/c11-5-7-6-13(3-4-15-7)10(14)8-1-2-9(12)16-8/h1-2,7H,3-6H2. The zero-order valence-electron chi connectivity index (χ0n) is 8.49. The molecule has 0 radical (unpaired) electrons. The van der Waals surface area contributed by atoms with Gasteiger partial charge in [-0.25, -0.2) is 0 Å². The Morgan fingerprint density at radius 3 is 3.06 bits per heavy atom. The van der Waals surface area contributed by atoms with Crippen molar-refractivity contribution in [3.63, 3.8) is 0 Å². The minimum atomic E-state index is -0.138. The van der Waals surface area contributed by atoms with Gasteiger partial charge in [0.2, 0.25) is 0 Å². The molecule has 1 fully saturated rings. The lowest BCUT2D eigenvalue weighted by molar-refractivity contribution is -0.0108. The Balaban J connectivity index is 2.04. The number of nitrogens with zero attached hydrogens (tertiary/aromatic N) is 1. The van der Waals surface area contributed by atoms with E-state index in [1.54, 1.807) is 17.0 Å². The largest absolute Gasteiger partial charge is 0.440 e. The summed E-state index contributed by atoms with van der Waals surface area (Å²) in [6.07, 6.45) is 0.0446. The molecule has 1 aromatic rings. The molecule has 1 atom stereocenters. The van der Waals surface area contributed by atoms with Crippen LogP contribution in [0.15, 0.2) is 16.5 Å². The molecule has 2 rings (SSSR count). The molecule has 2 heterocycles. The highest BCUT2D eigenvalue weighted by Crippen LogP contribution is 2.17. The Labute approximate surface area is 107 Å². The molecule has 1 amide bonds. The van der Waals surface area contributed by atoms with Crippen LogP contribution >= 0.6 is 27.5 Å². The van der Waals surface area contributed by atoms with Crippen LogP contribution in [0.4, 0.5) is 0 Å². The first-order chi connectivity index (χ1) is 7.70. The summed E-state index contributed by atoms with van der Waals surface area (Å²) in [5.41, 5.74) is 0. The van der Waals surface area contributed by atoms with Gasteiger partial charge < -0.3 is 14.1 Å². The summed E-state index contributed by atoms with van der Waals surface area (Å²) in [4.78, 5) is 13.7. The number of carbonyl (C=O) groups excluding carboxylic acids is 1. The highest BCUT2D eigenvalue weighted by molar-refractivity contribution is 9.09. The van der Waals surface area contributed by atoms with Crippen molar-refractivity contribution in [2.24, 2.45) is 0 Å². The highest BCUT2D eigenvalue weighted by Gasteiger charge is 2.26. The summed E-state index contributed by atoms with van der Waals surface area (Å²) in [5.74, 6) is 0.140. The molecule has 1 saturated heterocycles. The van der Waals surface area contributed by atoms with Crippen LogP contribution in [0.1, 0.15) is 10.6 Å². The van der Waals surface area contributed by atoms with E-state index in [0.717, 1.165) is 5.33 Å². The maximum Gasteiger partial charge on any atom is 0.289 e. The van der Waals surface area contributed by atoms with Crippen LogP contribution in [0, 0.1) is 0 Å². The number of furan rings is 1. The second-order valence-electron chi connectivity index (χ2n) is 3.50. The summed E-state index contributed by atoms with van der Waals surface area (Å²) in [7, 11) is 0. The van der Waals surface area contributed by atoms with Gasteiger partial charge in [-0.3, -0.25) is 4.79 Å². The molecule has 1 aliphatic rings. The minimum absolute atomic E-state index is 0.0446. The van der Waals surface area contributed by atoms with Crippen LogP contribution in [0.2, 0.25) is 5.22 Å². The fraction of sp³-hybridized carbons (Fsp3) is 0.500. The molecule has 6 heteroatoms. The average Bonchev–Trinajstić information content (AvgIpc) is 2.75. The summed E-state index contributed by atoms with van der Waals surface area (Å²) in [6, 6.07) is 3.15. The number of rotatable bonds is 2. The van der Waals surface area contributed by atoms with E-state index in [9.17, 15) is 4.79 Å². The third-order valence-corrected chi connectivity index (χ3v) is 3.31. The highest BCUT2D eigenvalue weighted by atomic mass is 79.9. The van der Waals surface area contributed by atoms with Gasteiger partial charge in [-0.15, -0.1) is 0 Å². The van der Waals surface area contributed by atoms with Gasteiger partial charge in [-0.1, -0.05) is 15.9 Å². The van der Waals surface area contributed by atoms with Crippen molar-refractivity contribution in [2.75, 3.05) is 25.0 Å². The maximum absolute atomic E-state index is 12.0. The van der Waals surface area contributed by atoms with E-state index in [1.807, 2.05) is 0 Å². The van der Waals surface area contributed by atoms with Gasteiger partial charge in [0.05, 0.1) is 12.7 Å². The molecule has 88 valence electrons. The van der Waals surface area contributed by atoms with E-state index in [-0.39, 0.29) is 23.0 Å². The van der Waals surface area contributed by atoms with Gasteiger partial charge in [-0.05, 0) is 23.7 Å². The van der Waals surface area contributed by atoms with Crippen LogP contribution in [-0.4, -0.2) is 41.9 Å². The number of morpholine rings is 1. The van der Waals surface area contributed by atoms with E-state index in [4.69, 9.17) is 20.8 Å². The van der Waals surface area contributed by atoms with Crippen molar-refractivity contribution in [3.8, 4) is 0 Å². The number of hydrogen-bond donors (Lipinski definition) is 0. The van der Waals surface area contributed by atoms with Crippen LogP contribution in [0.5, 0.6) is 0 Å². The normalized spacial score (nSPS) is 21.1. The van der Waals surface area contributed by atoms with Gasteiger partial charge in [0.1, 0.15) is 0 Å². The molecular weight excluding hydrogens is 297 g/mol. The quantitative estimate of drug-likeness (QED) is 0.786. The summed E-state index contributed by atoms with van der Waals surface area (Å²) < 4.78 is 10.5. The van der Waals surface area contributed by atoms with Gasteiger partial charge in [0.25, 0.3) is 5.91 Å². The van der Waals surface area contributed by atoms with Crippen molar-refractivity contribution in [1.29, 1.82) is 0 Å². The lowest BCUT2D eigenvalue weighted by Crippen LogP contribution is -2.46. The topological polar surface area (TPSA) is 42.7 Å². The van der Waals surface area contributed by atoms with E-state index in [1.165, 1.54) is 0 Å². The van der Waals surface area contributed by atoms with Crippen molar-refractivity contribution in [2.45, 2.75) is 6.10 Å². The second-order valence-corrected chi connectivity index (χ2v) is 4.52. The predicted octanol–water partition coefficient (Wildman–Crippen LogP) is 2.17. The van der Waals surface area contributed by atoms with Gasteiger partial charge in [-0.2, -0.15) is 0 Å². The first-order valence-electron chi connectivity index (χ1n) is 4.93. The lowest BCUT2D eigenvalue weighted by Gasteiger charge is -2.31. The molecule has 0 aromatic carbocycles. The zero-order chi connectivity index (χ0) is 11.5. The summed E-state index contributed by atoms with van der Waals surface area (Å²) >= 11 is 8.97. The predicted molar refractivity (Wildman–Crippen MR) is 63.2 cm³/mol. The van der Waals surface area contributed by atoms with Crippen molar-refractivity contribution in [3.05, 3.63) is 23.1 Å². The molecule has 1 unspecified atom stereocenters. The molecule has 0 aliphatic carbocycles. The number of carbonyl (C=O) groups is 1. The number of hydrogen-bond acceptors (Lipinski definition) is 3. The van der Waals surface area contributed by atoms with E-state index >= 15 is 0 Å². The van der Waals surface area contributed by atoms with Crippen molar-refractivity contribution >= 4 is 33.4 Å². The Kier molecular flexibility index (Phi) is 3.89.